The van der Waals surface area contributed by atoms with Crippen LogP contribution in [0.4, 0.5) is 5.88 Å². The number of carbonyl (C=O) groups is 1. The van der Waals surface area contributed by atoms with Gasteiger partial charge in [-0.2, -0.15) is 0 Å². The van der Waals surface area contributed by atoms with E-state index in [1.165, 1.54) is 24.3 Å². The van der Waals surface area contributed by atoms with Crippen molar-refractivity contribution in [3.8, 4) is 0 Å². The van der Waals surface area contributed by atoms with Crippen LogP contribution in [0, 0.1) is 6.92 Å². The van der Waals surface area contributed by atoms with Crippen molar-refractivity contribution in [2.24, 2.45) is 0 Å². The van der Waals surface area contributed by atoms with Crippen molar-refractivity contribution in [3.63, 3.8) is 0 Å². The van der Waals surface area contributed by atoms with E-state index in [1.54, 1.807) is 13.0 Å². The molecule has 2 aromatic rings. The molecule has 1 aromatic heterocycles. The normalized spacial score (nSPS) is 11.3. The summed E-state index contributed by atoms with van der Waals surface area (Å²) in [6.45, 7) is 1.73. The summed E-state index contributed by atoms with van der Waals surface area (Å²) in [4.78, 5) is 12.0. The summed E-state index contributed by atoms with van der Waals surface area (Å²) in [7, 11) is -3.34. The molecule has 0 saturated heterocycles. The Balaban J connectivity index is 2.25. The molecule has 100 valence electrons. The third-order valence-corrected chi connectivity index (χ3v) is 3.50. The second-order valence-corrected chi connectivity index (χ2v) is 6.10. The number of hydrogen-bond donors (Lipinski definition) is 1. The Morgan fingerprint density at radius 3 is 2.63 bits per heavy atom. The Labute approximate surface area is 110 Å². The molecule has 0 unspecified atom stereocenters. The fourth-order valence-corrected chi connectivity index (χ4v) is 2.14. The number of nitrogens with zero attached hydrogens (tertiary/aromatic N) is 1. The molecule has 0 aliphatic carbocycles. The van der Waals surface area contributed by atoms with Crippen LogP contribution in [0.3, 0.4) is 0 Å². The van der Waals surface area contributed by atoms with Gasteiger partial charge in [0.15, 0.2) is 9.84 Å². The van der Waals surface area contributed by atoms with Gasteiger partial charge in [0.1, 0.15) is 0 Å². The summed E-state index contributed by atoms with van der Waals surface area (Å²) in [6.07, 6.45) is 1.09. The average molecular weight is 280 g/mol. The minimum atomic E-state index is -3.34. The highest BCUT2D eigenvalue weighted by Crippen LogP contribution is 2.14. The maximum absolute atomic E-state index is 11.9. The lowest BCUT2D eigenvalue weighted by Gasteiger charge is -2.03. The highest BCUT2D eigenvalue weighted by Gasteiger charge is 2.13. The van der Waals surface area contributed by atoms with E-state index in [2.05, 4.69) is 10.5 Å². The summed E-state index contributed by atoms with van der Waals surface area (Å²) >= 11 is 0. The number of hydrogen-bond acceptors (Lipinski definition) is 5. The Kier molecular flexibility index (Phi) is 3.39. The highest BCUT2D eigenvalue weighted by molar-refractivity contribution is 7.90. The molecule has 0 bridgehead atoms. The molecule has 0 fully saturated rings. The van der Waals surface area contributed by atoms with E-state index < -0.39 is 15.7 Å². The third kappa shape index (κ3) is 3.19. The summed E-state index contributed by atoms with van der Waals surface area (Å²) in [6, 6.07) is 7.35. The number of nitrogens with one attached hydrogen (secondary N) is 1. The van der Waals surface area contributed by atoms with E-state index in [-0.39, 0.29) is 16.3 Å². The van der Waals surface area contributed by atoms with E-state index in [1.807, 2.05) is 0 Å². The second kappa shape index (κ2) is 4.85. The van der Waals surface area contributed by atoms with Crippen molar-refractivity contribution in [2.45, 2.75) is 11.8 Å². The number of amides is 1. The summed E-state index contributed by atoms with van der Waals surface area (Å²) in [5.41, 5.74) is 0.872. The van der Waals surface area contributed by atoms with Crippen LogP contribution in [0.1, 0.15) is 16.1 Å². The Hall–Kier alpha value is -2.15. The minimum Gasteiger partial charge on any atom is -0.338 e. The fraction of sp³-hybridized carbons (Fsp3) is 0.167. The first-order chi connectivity index (χ1) is 8.86. The molecule has 0 spiro atoms. The standard InChI is InChI=1S/C12H12N2O4S/c1-8-6-11(18-14-8)13-12(15)9-4-3-5-10(7-9)19(2,16)17/h3-7H,1-2H3,(H,13,15). The maximum atomic E-state index is 11.9. The smallest absolute Gasteiger partial charge is 0.258 e. The predicted molar refractivity (Wildman–Crippen MR) is 68.7 cm³/mol. The predicted octanol–water partition coefficient (Wildman–Crippen LogP) is 1.64. The molecule has 7 heteroatoms. The maximum Gasteiger partial charge on any atom is 0.258 e. The van der Waals surface area contributed by atoms with Gasteiger partial charge in [0.25, 0.3) is 5.91 Å². The molecule has 1 amide bonds. The number of anilines is 1. The number of aryl methyl sites for hydroxylation is 1. The molecule has 0 radical (unpaired) electrons. The quantitative estimate of drug-likeness (QED) is 0.923. The van der Waals surface area contributed by atoms with Crippen LogP contribution in [0.25, 0.3) is 0 Å². The summed E-state index contributed by atoms with van der Waals surface area (Å²) < 4.78 is 27.7. The number of rotatable bonds is 3. The van der Waals surface area contributed by atoms with Crippen LogP contribution in [0.2, 0.25) is 0 Å². The van der Waals surface area contributed by atoms with Gasteiger partial charge < -0.3 is 4.52 Å². The van der Waals surface area contributed by atoms with Crippen LogP contribution in [-0.4, -0.2) is 25.7 Å². The molecule has 1 aromatic carbocycles. The first-order valence-corrected chi connectivity index (χ1v) is 7.30. The largest absolute Gasteiger partial charge is 0.338 e. The Bertz CT molecular complexity index is 719. The van der Waals surface area contributed by atoms with Crippen molar-refractivity contribution in [2.75, 3.05) is 11.6 Å². The van der Waals surface area contributed by atoms with Crippen molar-refractivity contribution in [3.05, 3.63) is 41.6 Å². The van der Waals surface area contributed by atoms with Crippen LogP contribution in [0.15, 0.2) is 39.8 Å². The zero-order valence-corrected chi connectivity index (χ0v) is 11.2. The highest BCUT2D eigenvalue weighted by atomic mass is 32.2. The molecule has 2 rings (SSSR count). The monoisotopic (exact) mass is 280 g/mol. The summed E-state index contributed by atoms with van der Waals surface area (Å²) in [5.74, 6) is -0.242. The van der Waals surface area contributed by atoms with Gasteiger partial charge in [-0.3, -0.25) is 10.1 Å². The first kappa shape index (κ1) is 13.3. The van der Waals surface area contributed by atoms with Gasteiger partial charge in [0.05, 0.1) is 10.6 Å². The van der Waals surface area contributed by atoms with E-state index in [4.69, 9.17) is 4.52 Å². The van der Waals surface area contributed by atoms with Gasteiger partial charge in [-0.25, -0.2) is 8.42 Å². The number of aromatic nitrogens is 1. The Morgan fingerprint density at radius 1 is 1.32 bits per heavy atom. The molecule has 0 atom stereocenters. The van der Waals surface area contributed by atoms with Crippen LogP contribution in [-0.2, 0) is 9.84 Å². The van der Waals surface area contributed by atoms with Gasteiger partial charge >= 0.3 is 0 Å². The summed E-state index contributed by atoms with van der Waals surface area (Å²) in [5, 5.41) is 6.13. The lowest BCUT2D eigenvalue weighted by Crippen LogP contribution is -2.12. The van der Waals surface area contributed by atoms with Crippen LogP contribution in [0.5, 0.6) is 0 Å². The third-order valence-electron chi connectivity index (χ3n) is 2.39. The van der Waals surface area contributed by atoms with Gasteiger partial charge in [-0.05, 0) is 25.1 Å². The Morgan fingerprint density at radius 2 is 2.05 bits per heavy atom. The molecule has 0 aliphatic rings. The lowest BCUT2D eigenvalue weighted by atomic mass is 10.2. The zero-order chi connectivity index (χ0) is 14.0. The van der Waals surface area contributed by atoms with Crippen LogP contribution < -0.4 is 5.32 Å². The SMILES string of the molecule is Cc1cc(NC(=O)c2cccc(S(C)(=O)=O)c2)on1. The van der Waals surface area contributed by atoms with Gasteiger partial charge in [0.2, 0.25) is 5.88 Å². The van der Waals surface area contributed by atoms with Crippen molar-refractivity contribution >= 4 is 21.6 Å². The molecular formula is C12H12N2O4S. The zero-order valence-electron chi connectivity index (χ0n) is 10.4. The second-order valence-electron chi connectivity index (χ2n) is 4.09. The van der Waals surface area contributed by atoms with Crippen LogP contribution >= 0.6 is 0 Å². The topological polar surface area (TPSA) is 89.3 Å². The number of benzene rings is 1. The van der Waals surface area contributed by atoms with E-state index in [0.717, 1.165) is 6.26 Å². The fourth-order valence-electron chi connectivity index (χ4n) is 1.47. The van der Waals surface area contributed by atoms with Crippen molar-refractivity contribution < 1.29 is 17.7 Å². The van der Waals surface area contributed by atoms with Crippen molar-refractivity contribution in [1.29, 1.82) is 0 Å². The molecular weight excluding hydrogens is 268 g/mol. The first-order valence-electron chi connectivity index (χ1n) is 5.41. The number of carbonyl (C=O) groups excluding carboxylic acids is 1. The molecule has 0 saturated carbocycles. The molecule has 0 aliphatic heterocycles. The number of sulfone groups is 1. The minimum absolute atomic E-state index is 0.0916. The lowest BCUT2D eigenvalue weighted by molar-refractivity contribution is 0.102. The average Bonchev–Trinajstić information content (AvgIpc) is 2.74. The van der Waals surface area contributed by atoms with E-state index in [0.29, 0.717) is 5.69 Å². The van der Waals surface area contributed by atoms with Gasteiger partial charge in [0, 0.05) is 17.9 Å². The van der Waals surface area contributed by atoms with Gasteiger partial charge in [-0.15, -0.1) is 0 Å². The molecule has 6 nitrogen and oxygen atoms in total. The van der Waals surface area contributed by atoms with E-state index >= 15 is 0 Å². The van der Waals surface area contributed by atoms with Gasteiger partial charge in [-0.1, -0.05) is 11.2 Å². The molecule has 19 heavy (non-hydrogen) atoms. The van der Waals surface area contributed by atoms with Crippen molar-refractivity contribution in [1.82, 2.24) is 5.16 Å². The molecule has 1 heterocycles. The van der Waals surface area contributed by atoms with E-state index in [9.17, 15) is 13.2 Å². The molecule has 1 N–H and O–H groups in total.